The van der Waals surface area contributed by atoms with Gasteiger partial charge in [0.05, 0.1) is 12.3 Å². The Morgan fingerprint density at radius 1 is 1.44 bits per heavy atom. The number of ketones is 2. The lowest BCUT2D eigenvalue weighted by Gasteiger charge is -2.03. The quantitative estimate of drug-likeness (QED) is 0.580. The molecule has 0 radical (unpaired) electrons. The predicted octanol–water partition coefficient (Wildman–Crippen LogP) is 1.67. The van der Waals surface area contributed by atoms with E-state index in [1.807, 2.05) is 13.8 Å². The predicted molar refractivity (Wildman–Crippen MR) is 60.6 cm³/mol. The Morgan fingerprint density at radius 3 is 2.69 bits per heavy atom. The number of hydrogen-bond donors (Lipinski definition) is 0. The van der Waals surface area contributed by atoms with E-state index in [1.165, 1.54) is 12.3 Å². The molecule has 0 fully saturated rings. The maximum atomic E-state index is 11.5. The summed E-state index contributed by atoms with van der Waals surface area (Å²) in [5, 5.41) is 0. The van der Waals surface area contributed by atoms with Gasteiger partial charge in [-0.25, -0.2) is 9.97 Å². The third-order valence-corrected chi connectivity index (χ3v) is 2.33. The summed E-state index contributed by atoms with van der Waals surface area (Å²) in [5.74, 6) is -0.0161. The molecule has 0 aliphatic rings. The summed E-state index contributed by atoms with van der Waals surface area (Å²) in [6.07, 6.45) is 1.62. The van der Waals surface area contributed by atoms with Gasteiger partial charge in [-0.05, 0) is 6.07 Å². The summed E-state index contributed by atoms with van der Waals surface area (Å²) in [5.41, 5.74) is 0.261. The average molecular weight is 241 g/mol. The summed E-state index contributed by atoms with van der Waals surface area (Å²) in [7, 11) is 0. The number of halogens is 1. The smallest absolute Gasteiger partial charge is 0.195 e. The maximum Gasteiger partial charge on any atom is 0.195 e. The van der Waals surface area contributed by atoms with Gasteiger partial charge in [-0.3, -0.25) is 9.59 Å². The van der Waals surface area contributed by atoms with E-state index < -0.39 is 0 Å². The van der Waals surface area contributed by atoms with Crippen LogP contribution in [0, 0.1) is 5.92 Å². The molecule has 1 aromatic heterocycles. The molecule has 0 saturated heterocycles. The van der Waals surface area contributed by atoms with Crippen LogP contribution in [-0.4, -0.2) is 27.4 Å². The van der Waals surface area contributed by atoms with E-state index in [2.05, 4.69) is 9.97 Å². The van der Waals surface area contributed by atoms with Crippen LogP contribution >= 0.6 is 11.6 Å². The molecule has 0 spiro atoms. The molecular weight excluding hydrogens is 228 g/mol. The van der Waals surface area contributed by atoms with Crippen LogP contribution in [0.4, 0.5) is 0 Å². The van der Waals surface area contributed by atoms with E-state index >= 15 is 0 Å². The second kappa shape index (κ2) is 5.70. The standard InChI is InChI=1S/C11H13ClN2O2/c1-7(2)9(15)5-11-13-4-3-8(14-11)10(16)6-12/h3-4,7H,5-6H2,1-2H3. The Morgan fingerprint density at radius 2 is 2.12 bits per heavy atom. The van der Waals surface area contributed by atoms with Crippen LogP contribution in [0.5, 0.6) is 0 Å². The van der Waals surface area contributed by atoms with E-state index in [0.29, 0.717) is 5.82 Å². The van der Waals surface area contributed by atoms with Gasteiger partial charge in [-0.2, -0.15) is 0 Å². The molecule has 4 nitrogen and oxygen atoms in total. The zero-order valence-corrected chi connectivity index (χ0v) is 9.99. The monoisotopic (exact) mass is 240 g/mol. The first-order valence-corrected chi connectivity index (χ1v) is 5.52. The van der Waals surface area contributed by atoms with Crippen LogP contribution in [-0.2, 0) is 11.2 Å². The molecule has 0 bridgehead atoms. The SMILES string of the molecule is CC(C)C(=O)Cc1nccc(C(=O)CCl)n1. The highest BCUT2D eigenvalue weighted by atomic mass is 35.5. The van der Waals surface area contributed by atoms with Crippen LogP contribution in [0.3, 0.4) is 0 Å². The summed E-state index contributed by atoms with van der Waals surface area (Å²) in [4.78, 5) is 30.7. The number of rotatable bonds is 5. The fourth-order valence-electron chi connectivity index (χ4n) is 1.07. The largest absolute Gasteiger partial charge is 0.299 e. The highest BCUT2D eigenvalue weighted by Crippen LogP contribution is 2.03. The second-order valence-corrected chi connectivity index (χ2v) is 3.98. The fraction of sp³-hybridized carbons (Fsp3) is 0.455. The van der Waals surface area contributed by atoms with Crippen molar-refractivity contribution in [2.75, 3.05) is 5.88 Å². The maximum absolute atomic E-state index is 11.5. The van der Waals surface area contributed by atoms with Gasteiger partial charge in [0.15, 0.2) is 5.78 Å². The summed E-state index contributed by atoms with van der Waals surface area (Å²) in [6, 6.07) is 1.49. The Balaban J connectivity index is 2.83. The van der Waals surface area contributed by atoms with Gasteiger partial charge in [0.1, 0.15) is 17.3 Å². The van der Waals surface area contributed by atoms with Crippen molar-refractivity contribution in [1.29, 1.82) is 0 Å². The van der Waals surface area contributed by atoms with Gasteiger partial charge in [0.25, 0.3) is 0 Å². The van der Waals surface area contributed by atoms with E-state index in [-0.39, 0.29) is 35.5 Å². The Kier molecular flexibility index (Phi) is 4.55. The van der Waals surface area contributed by atoms with Crippen LogP contribution in [0.15, 0.2) is 12.3 Å². The van der Waals surface area contributed by atoms with Gasteiger partial charge in [-0.1, -0.05) is 13.8 Å². The zero-order chi connectivity index (χ0) is 12.1. The summed E-state index contributed by atoms with van der Waals surface area (Å²) < 4.78 is 0. The lowest BCUT2D eigenvalue weighted by molar-refractivity contribution is -0.121. The van der Waals surface area contributed by atoms with Gasteiger partial charge < -0.3 is 0 Å². The average Bonchev–Trinajstić information content (AvgIpc) is 2.28. The van der Waals surface area contributed by atoms with Crippen molar-refractivity contribution in [3.8, 4) is 0 Å². The normalized spacial score (nSPS) is 10.5. The number of hydrogen-bond acceptors (Lipinski definition) is 4. The number of aromatic nitrogens is 2. The molecule has 0 aromatic carbocycles. The molecule has 0 aliphatic carbocycles. The minimum atomic E-state index is -0.262. The Hall–Kier alpha value is -1.29. The van der Waals surface area contributed by atoms with Crippen LogP contribution in [0.25, 0.3) is 0 Å². The molecule has 0 amide bonds. The lowest BCUT2D eigenvalue weighted by Crippen LogP contribution is -2.14. The molecule has 0 atom stereocenters. The van der Waals surface area contributed by atoms with Gasteiger partial charge in [0.2, 0.25) is 0 Å². The van der Waals surface area contributed by atoms with E-state index in [9.17, 15) is 9.59 Å². The summed E-state index contributed by atoms with van der Waals surface area (Å²) >= 11 is 5.42. The second-order valence-electron chi connectivity index (χ2n) is 3.71. The molecule has 1 rings (SSSR count). The number of Topliss-reactive ketones (excluding diaryl/α,β-unsaturated/α-hetero) is 2. The summed E-state index contributed by atoms with van der Waals surface area (Å²) in [6.45, 7) is 3.63. The number of carbonyl (C=O) groups excluding carboxylic acids is 2. The molecule has 5 heteroatoms. The van der Waals surface area contributed by atoms with Crippen LogP contribution in [0.2, 0.25) is 0 Å². The molecule has 0 N–H and O–H groups in total. The zero-order valence-electron chi connectivity index (χ0n) is 9.24. The molecule has 86 valence electrons. The Bertz CT molecular complexity index is 405. The molecule has 0 saturated carbocycles. The molecule has 0 aliphatic heterocycles. The van der Waals surface area contributed by atoms with Gasteiger partial charge in [0, 0.05) is 12.1 Å². The van der Waals surface area contributed by atoms with Crippen molar-refractivity contribution in [3.63, 3.8) is 0 Å². The van der Waals surface area contributed by atoms with Crippen molar-refractivity contribution in [3.05, 3.63) is 23.8 Å². The Labute approximate surface area is 99.1 Å². The number of carbonyl (C=O) groups is 2. The third-order valence-electron chi connectivity index (χ3n) is 2.09. The van der Waals surface area contributed by atoms with Gasteiger partial charge >= 0.3 is 0 Å². The highest BCUT2D eigenvalue weighted by Gasteiger charge is 2.12. The third kappa shape index (κ3) is 3.38. The van der Waals surface area contributed by atoms with Crippen molar-refractivity contribution >= 4 is 23.2 Å². The van der Waals surface area contributed by atoms with Gasteiger partial charge in [-0.15, -0.1) is 11.6 Å². The van der Waals surface area contributed by atoms with E-state index in [4.69, 9.17) is 11.6 Å². The molecular formula is C11H13ClN2O2. The first-order valence-electron chi connectivity index (χ1n) is 4.98. The molecule has 0 unspecified atom stereocenters. The fourth-order valence-corrected chi connectivity index (χ4v) is 1.20. The minimum absolute atomic E-state index is 0.0514. The topological polar surface area (TPSA) is 59.9 Å². The van der Waals surface area contributed by atoms with Crippen molar-refractivity contribution in [2.24, 2.45) is 5.92 Å². The van der Waals surface area contributed by atoms with Crippen molar-refractivity contribution in [2.45, 2.75) is 20.3 Å². The van der Waals surface area contributed by atoms with Crippen molar-refractivity contribution in [1.82, 2.24) is 9.97 Å². The first-order chi connectivity index (χ1) is 7.54. The molecule has 1 heterocycles. The van der Waals surface area contributed by atoms with E-state index in [0.717, 1.165) is 0 Å². The highest BCUT2D eigenvalue weighted by molar-refractivity contribution is 6.30. The van der Waals surface area contributed by atoms with E-state index in [1.54, 1.807) is 0 Å². The number of nitrogens with zero attached hydrogens (tertiary/aromatic N) is 2. The number of alkyl halides is 1. The first kappa shape index (κ1) is 12.8. The molecule has 1 aromatic rings. The minimum Gasteiger partial charge on any atom is -0.299 e. The van der Waals surface area contributed by atoms with Crippen LogP contribution in [0.1, 0.15) is 30.2 Å². The van der Waals surface area contributed by atoms with Crippen molar-refractivity contribution < 1.29 is 9.59 Å². The lowest BCUT2D eigenvalue weighted by atomic mass is 10.1. The van der Waals surface area contributed by atoms with Crippen LogP contribution < -0.4 is 0 Å². The molecule has 16 heavy (non-hydrogen) atoms.